The lowest BCUT2D eigenvalue weighted by atomic mass is 10.1. The Morgan fingerprint density at radius 3 is 2.05 bits per heavy atom. The van der Waals surface area contributed by atoms with Crippen molar-refractivity contribution >= 4 is 43.2 Å². The van der Waals surface area contributed by atoms with Crippen LogP contribution in [0.25, 0.3) is 0 Å². The van der Waals surface area contributed by atoms with Gasteiger partial charge in [0, 0.05) is 10.9 Å². The van der Waals surface area contributed by atoms with E-state index in [1.54, 1.807) is 25.6 Å². The molecule has 0 aliphatic rings. The fourth-order valence-corrected chi connectivity index (χ4v) is 4.00. The van der Waals surface area contributed by atoms with Crippen molar-refractivity contribution in [3.05, 3.63) is 44.1 Å². The molecule has 19 heavy (non-hydrogen) atoms. The van der Waals surface area contributed by atoms with Gasteiger partial charge in [0.05, 0.1) is 22.8 Å². The summed E-state index contributed by atoms with van der Waals surface area (Å²) < 4.78 is 11.8. The Balaban J connectivity index is 2.39. The Labute approximate surface area is 134 Å². The molecule has 0 radical (unpaired) electrons. The molecule has 1 unspecified atom stereocenters. The molecule has 0 bridgehead atoms. The van der Waals surface area contributed by atoms with Gasteiger partial charge in [-0.05, 0) is 52.2 Å². The van der Waals surface area contributed by atoms with Crippen LogP contribution in [0.1, 0.15) is 20.8 Å². The molecule has 0 N–H and O–H groups in total. The smallest absolute Gasteiger partial charge is 0.122 e. The number of hydrogen-bond acceptors (Lipinski definition) is 3. The first kappa shape index (κ1) is 14.9. The van der Waals surface area contributed by atoms with Gasteiger partial charge in [-0.3, -0.25) is 0 Å². The van der Waals surface area contributed by atoms with Crippen LogP contribution in [0, 0.1) is 6.92 Å². The topological polar surface area (TPSA) is 18.5 Å². The minimum atomic E-state index is 0.131. The third-order valence-electron chi connectivity index (χ3n) is 2.79. The molecule has 0 aliphatic carbocycles. The molecule has 0 saturated carbocycles. The van der Waals surface area contributed by atoms with E-state index in [0.717, 1.165) is 17.1 Å². The normalized spacial score (nSPS) is 12.3. The van der Waals surface area contributed by atoms with Crippen LogP contribution in [0.3, 0.4) is 0 Å². The van der Waals surface area contributed by atoms with E-state index >= 15 is 0 Å². The fourth-order valence-electron chi connectivity index (χ4n) is 1.75. The van der Waals surface area contributed by atoms with Gasteiger partial charge in [-0.15, -0.1) is 11.3 Å². The number of ether oxygens (including phenoxy) is 2. The van der Waals surface area contributed by atoms with E-state index in [2.05, 4.69) is 44.8 Å². The van der Waals surface area contributed by atoms with Crippen molar-refractivity contribution in [1.82, 2.24) is 0 Å². The van der Waals surface area contributed by atoms with Crippen LogP contribution in [-0.2, 0) is 0 Å². The lowest BCUT2D eigenvalue weighted by molar-refractivity contribution is 0.393. The van der Waals surface area contributed by atoms with Crippen LogP contribution >= 0.6 is 43.2 Å². The van der Waals surface area contributed by atoms with Gasteiger partial charge in [-0.25, -0.2) is 0 Å². The number of alkyl halides is 1. The van der Waals surface area contributed by atoms with Crippen molar-refractivity contribution in [1.29, 1.82) is 0 Å². The van der Waals surface area contributed by atoms with Gasteiger partial charge in [-0.2, -0.15) is 0 Å². The molecule has 0 spiro atoms. The maximum Gasteiger partial charge on any atom is 0.122 e. The van der Waals surface area contributed by atoms with Gasteiger partial charge < -0.3 is 9.47 Å². The molecule has 0 amide bonds. The predicted octanol–water partition coefficient (Wildman–Crippen LogP) is 5.32. The molecule has 2 aromatic rings. The predicted molar refractivity (Wildman–Crippen MR) is 87.1 cm³/mol. The van der Waals surface area contributed by atoms with Gasteiger partial charge in [0.1, 0.15) is 11.5 Å². The first-order valence-corrected chi connectivity index (χ1v) is 8.20. The van der Waals surface area contributed by atoms with Gasteiger partial charge in [-0.1, -0.05) is 15.9 Å². The van der Waals surface area contributed by atoms with E-state index in [0.29, 0.717) is 0 Å². The van der Waals surface area contributed by atoms with Gasteiger partial charge in [0.15, 0.2) is 0 Å². The number of methoxy groups -OCH3 is 2. The van der Waals surface area contributed by atoms with Crippen LogP contribution in [-0.4, -0.2) is 14.2 Å². The zero-order chi connectivity index (χ0) is 14.0. The molecular formula is C14H14Br2O2S. The Bertz CT molecular complexity index is 539. The van der Waals surface area contributed by atoms with Crippen LogP contribution < -0.4 is 9.47 Å². The minimum Gasteiger partial charge on any atom is -0.497 e. The molecule has 2 rings (SSSR count). The number of aryl methyl sites for hydroxylation is 1. The van der Waals surface area contributed by atoms with Crippen molar-refractivity contribution < 1.29 is 9.47 Å². The van der Waals surface area contributed by atoms with Crippen molar-refractivity contribution in [3.63, 3.8) is 0 Å². The number of rotatable bonds is 4. The molecular weight excluding hydrogens is 392 g/mol. The second-order valence-electron chi connectivity index (χ2n) is 4.11. The second kappa shape index (κ2) is 6.29. The lowest BCUT2D eigenvalue weighted by Crippen LogP contribution is -1.94. The lowest BCUT2D eigenvalue weighted by Gasteiger charge is -2.12. The van der Waals surface area contributed by atoms with Crippen molar-refractivity contribution in [3.8, 4) is 11.5 Å². The fraction of sp³-hybridized carbons (Fsp3) is 0.286. The summed E-state index contributed by atoms with van der Waals surface area (Å²) in [5.74, 6) is 1.59. The maximum atomic E-state index is 5.31. The standard InChI is InChI=1S/C14H14Br2O2S/c1-8-4-12(19-14(8)16)13(15)9-5-10(17-2)7-11(6-9)18-3/h4-7,13H,1-3H3. The third-order valence-corrected chi connectivity index (χ3v) is 6.32. The minimum absolute atomic E-state index is 0.131. The van der Waals surface area contributed by atoms with Crippen LogP contribution in [0.5, 0.6) is 11.5 Å². The highest BCUT2D eigenvalue weighted by Crippen LogP contribution is 2.41. The van der Waals surface area contributed by atoms with Crippen molar-refractivity contribution in [2.75, 3.05) is 14.2 Å². The SMILES string of the molecule is COc1cc(OC)cc(C(Br)c2cc(C)c(Br)s2)c1. The number of thiophene rings is 1. The Kier molecular flexibility index (Phi) is 4.92. The van der Waals surface area contributed by atoms with Gasteiger partial charge in [0.2, 0.25) is 0 Å². The van der Waals surface area contributed by atoms with Gasteiger partial charge >= 0.3 is 0 Å². The van der Waals surface area contributed by atoms with E-state index in [9.17, 15) is 0 Å². The van der Waals surface area contributed by atoms with E-state index in [1.807, 2.05) is 18.2 Å². The van der Waals surface area contributed by atoms with Gasteiger partial charge in [0.25, 0.3) is 0 Å². The average Bonchev–Trinajstić information content (AvgIpc) is 2.77. The zero-order valence-corrected chi connectivity index (χ0v) is 14.9. The summed E-state index contributed by atoms with van der Waals surface area (Å²) in [7, 11) is 3.32. The van der Waals surface area contributed by atoms with Crippen LogP contribution in [0.15, 0.2) is 28.1 Å². The van der Waals surface area contributed by atoms with Crippen LogP contribution in [0.4, 0.5) is 0 Å². The molecule has 102 valence electrons. The summed E-state index contributed by atoms with van der Waals surface area (Å²) >= 11 is 9.04. The molecule has 5 heteroatoms. The summed E-state index contributed by atoms with van der Waals surface area (Å²) in [4.78, 5) is 1.38. The van der Waals surface area contributed by atoms with E-state index in [1.165, 1.54) is 14.2 Å². The highest BCUT2D eigenvalue weighted by atomic mass is 79.9. The molecule has 0 saturated heterocycles. The van der Waals surface area contributed by atoms with Crippen LogP contribution in [0.2, 0.25) is 0 Å². The molecule has 1 aromatic carbocycles. The molecule has 0 aliphatic heterocycles. The first-order valence-electron chi connectivity index (χ1n) is 5.68. The first-order chi connectivity index (χ1) is 9.05. The summed E-state index contributed by atoms with van der Waals surface area (Å²) in [6, 6.07) is 8.09. The highest BCUT2D eigenvalue weighted by Gasteiger charge is 2.16. The van der Waals surface area contributed by atoms with E-state index < -0.39 is 0 Å². The van der Waals surface area contributed by atoms with Crippen molar-refractivity contribution in [2.24, 2.45) is 0 Å². The van der Waals surface area contributed by atoms with E-state index in [-0.39, 0.29) is 4.83 Å². The Hall–Kier alpha value is -0.520. The Morgan fingerprint density at radius 2 is 1.63 bits per heavy atom. The summed E-state index contributed by atoms with van der Waals surface area (Å²) in [5, 5.41) is 0. The second-order valence-corrected chi connectivity index (χ2v) is 7.43. The number of hydrogen-bond donors (Lipinski definition) is 0. The largest absolute Gasteiger partial charge is 0.497 e. The summed E-state index contributed by atoms with van der Waals surface area (Å²) in [6.07, 6.45) is 0. The average molecular weight is 406 g/mol. The third kappa shape index (κ3) is 3.33. The number of halogens is 2. The quantitative estimate of drug-likeness (QED) is 0.640. The molecule has 1 aromatic heterocycles. The monoisotopic (exact) mass is 404 g/mol. The highest BCUT2D eigenvalue weighted by molar-refractivity contribution is 9.11. The number of benzene rings is 1. The zero-order valence-electron chi connectivity index (χ0n) is 10.9. The molecule has 2 nitrogen and oxygen atoms in total. The molecule has 0 fully saturated rings. The summed E-state index contributed by atoms with van der Waals surface area (Å²) in [6.45, 7) is 2.09. The van der Waals surface area contributed by atoms with E-state index in [4.69, 9.17) is 9.47 Å². The Morgan fingerprint density at radius 1 is 1.05 bits per heavy atom. The van der Waals surface area contributed by atoms with Crippen molar-refractivity contribution in [2.45, 2.75) is 11.8 Å². The molecule has 1 heterocycles. The maximum absolute atomic E-state index is 5.31. The summed E-state index contributed by atoms with van der Waals surface area (Å²) in [5.41, 5.74) is 2.37. The molecule has 1 atom stereocenters.